The highest BCUT2D eigenvalue weighted by Gasteiger charge is 2.30. The Morgan fingerprint density at radius 3 is 2.56 bits per heavy atom. The molecule has 1 aliphatic heterocycles. The van der Waals surface area contributed by atoms with Crippen LogP contribution in [0.15, 0.2) is 73.1 Å². The van der Waals surface area contributed by atoms with Gasteiger partial charge in [-0.3, -0.25) is 9.69 Å². The second kappa shape index (κ2) is 13.8. The lowest BCUT2D eigenvalue weighted by molar-refractivity contribution is -0.137. The normalized spacial score (nSPS) is 13.8. The molecule has 13 heteroatoms. The van der Waals surface area contributed by atoms with E-state index in [1.807, 2.05) is 19.1 Å². The minimum Gasteiger partial charge on any atom is -0.495 e. The first-order valence-corrected chi connectivity index (χ1v) is 15.2. The largest absolute Gasteiger partial charge is 0.495 e. The highest BCUT2D eigenvalue weighted by Crippen LogP contribution is 2.45. The van der Waals surface area contributed by atoms with E-state index in [0.29, 0.717) is 64.6 Å². The fraction of sp³-hybridized carbons (Fsp3) is 0.257. The van der Waals surface area contributed by atoms with Crippen LogP contribution in [0.25, 0.3) is 33.2 Å². The number of benzene rings is 3. The van der Waals surface area contributed by atoms with Crippen LogP contribution in [-0.2, 0) is 10.9 Å². The summed E-state index contributed by atoms with van der Waals surface area (Å²) in [5.41, 5.74) is 9.40. The molecule has 0 spiro atoms. The molecule has 5 aromatic rings. The number of aryl methyl sites for hydroxylation is 1. The number of methoxy groups -OCH3 is 1. The average molecular weight is 659 g/mol. The third-order valence-electron chi connectivity index (χ3n) is 8.07. The van der Waals surface area contributed by atoms with Gasteiger partial charge in [0.25, 0.3) is 5.91 Å². The van der Waals surface area contributed by atoms with Crippen LogP contribution >= 0.6 is 0 Å². The van der Waals surface area contributed by atoms with Crippen LogP contribution < -0.4 is 20.5 Å². The van der Waals surface area contributed by atoms with Gasteiger partial charge in [-0.15, -0.1) is 0 Å². The predicted molar refractivity (Wildman–Crippen MR) is 176 cm³/mol. The van der Waals surface area contributed by atoms with E-state index >= 15 is 0 Å². The number of alkyl halides is 3. The number of halogens is 3. The van der Waals surface area contributed by atoms with Crippen LogP contribution in [0.1, 0.15) is 21.5 Å². The second-order valence-electron chi connectivity index (χ2n) is 11.2. The van der Waals surface area contributed by atoms with Gasteiger partial charge in [0.05, 0.1) is 37.0 Å². The van der Waals surface area contributed by atoms with Crippen LogP contribution in [0.2, 0.25) is 0 Å². The number of anilines is 2. The molecule has 0 aliphatic carbocycles. The number of carbonyl (C=O) groups is 1. The van der Waals surface area contributed by atoms with E-state index in [1.165, 1.54) is 19.2 Å². The number of hydrogen-bond donors (Lipinski definition) is 2. The van der Waals surface area contributed by atoms with Crippen molar-refractivity contribution in [1.29, 1.82) is 0 Å². The number of carbonyl (C=O) groups excluding carboxylic acids is 1. The predicted octanol–water partition coefficient (Wildman–Crippen LogP) is 6.24. The van der Waals surface area contributed by atoms with Crippen molar-refractivity contribution in [3.8, 4) is 33.9 Å². The van der Waals surface area contributed by atoms with E-state index in [2.05, 4.69) is 25.2 Å². The summed E-state index contributed by atoms with van der Waals surface area (Å²) in [6.07, 6.45) is -1.25. The van der Waals surface area contributed by atoms with Crippen molar-refractivity contribution in [2.45, 2.75) is 13.1 Å². The molecular formula is C35H33F3N6O4. The minimum atomic E-state index is -4.54. The molecule has 0 saturated carbocycles. The topological polar surface area (TPSA) is 125 Å². The van der Waals surface area contributed by atoms with E-state index in [1.54, 1.807) is 36.7 Å². The molecular weight excluding hydrogens is 625 g/mol. The number of ether oxygens (including phenoxy) is 3. The van der Waals surface area contributed by atoms with Gasteiger partial charge in [-0.2, -0.15) is 13.2 Å². The fourth-order valence-corrected chi connectivity index (χ4v) is 5.60. The van der Waals surface area contributed by atoms with Gasteiger partial charge in [-0.05, 0) is 60.5 Å². The zero-order valence-electron chi connectivity index (χ0n) is 26.3. The average Bonchev–Trinajstić information content (AvgIpc) is 3.08. The van der Waals surface area contributed by atoms with Gasteiger partial charge < -0.3 is 25.3 Å². The van der Waals surface area contributed by atoms with E-state index in [9.17, 15) is 18.0 Å². The molecule has 0 unspecified atom stereocenters. The number of nitrogen functional groups attached to an aromatic ring is 1. The number of nitrogens with zero attached hydrogens (tertiary/aromatic N) is 4. The summed E-state index contributed by atoms with van der Waals surface area (Å²) < 4.78 is 57.1. The molecule has 0 atom stereocenters. The first-order valence-electron chi connectivity index (χ1n) is 15.2. The van der Waals surface area contributed by atoms with Crippen molar-refractivity contribution in [3.05, 3.63) is 89.7 Å². The molecule has 2 aromatic heterocycles. The Morgan fingerprint density at radius 2 is 1.83 bits per heavy atom. The Morgan fingerprint density at radius 1 is 1.02 bits per heavy atom. The maximum Gasteiger partial charge on any atom is 0.416 e. The zero-order valence-corrected chi connectivity index (χ0v) is 26.3. The van der Waals surface area contributed by atoms with E-state index < -0.39 is 17.6 Å². The van der Waals surface area contributed by atoms with Crippen LogP contribution in [0.5, 0.6) is 11.6 Å². The number of pyridine rings is 1. The minimum absolute atomic E-state index is 0.0262. The lowest BCUT2D eigenvalue weighted by Crippen LogP contribution is -2.38. The molecule has 10 nitrogen and oxygen atoms in total. The first kappa shape index (κ1) is 32.7. The standard InChI is InChI=1S/C35H33F3N6O4/c1-21-6-7-22(33(45)42-26-5-3-4-25(18-26)35(36,37)38)16-27(21)28-17-24-20-41-34(39)43-31(24)30(32(28)46-2)23-8-9-29(40-19-23)48-15-12-44-10-13-47-14-11-44/h3-9,16-20H,10-15H2,1-2H3,(H,42,45)(H2,39,41,43). The number of nitrogens with two attached hydrogens (primary N) is 1. The monoisotopic (exact) mass is 658 g/mol. The number of amides is 1. The molecule has 0 radical (unpaired) electrons. The van der Waals surface area contributed by atoms with Crippen LogP contribution in [-0.4, -0.2) is 72.3 Å². The number of hydrogen-bond acceptors (Lipinski definition) is 9. The molecule has 48 heavy (non-hydrogen) atoms. The Bertz CT molecular complexity index is 1950. The number of rotatable bonds is 9. The quantitative estimate of drug-likeness (QED) is 0.189. The summed E-state index contributed by atoms with van der Waals surface area (Å²) in [5, 5.41) is 3.24. The lowest BCUT2D eigenvalue weighted by atomic mass is 9.91. The Labute approximate surface area is 274 Å². The second-order valence-corrected chi connectivity index (χ2v) is 11.2. The Hall–Kier alpha value is -5.27. The smallest absolute Gasteiger partial charge is 0.416 e. The van der Waals surface area contributed by atoms with Gasteiger partial charge in [0, 0.05) is 65.9 Å². The van der Waals surface area contributed by atoms with Gasteiger partial charge in [0.1, 0.15) is 12.4 Å². The van der Waals surface area contributed by atoms with Crippen molar-refractivity contribution < 1.29 is 32.2 Å². The van der Waals surface area contributed by atoms with Gasteiger partial charge >= 0.3 is 6.18 Å². The van der Waals surface area contributed by atoms with Gasteiger partial charge in [0.2, 0.25) is 11.8 Å². The van der Waals surface area contributed by atoms with Crippen molar-refractivity contribution in [1.82, 2.24) is 19.9 Å². The van der Waals surface area contributed by atoms with Crippen LogP contribution in [0.4, 0.5) is 24.8 Å². The van der Waals surface area contributed by atoms with Gasteiger partial charge in [-0.25, -0.2) is 15.0 Å². The van der Waals surface area contributed by atoms with Crippen molar-refractivity contribution in [2.75, 3.05) is 57.6 Å². The lowest BCUT2D eigenvalue weighted by Gasteiger charge is -2.26. The molecule has 3 aromatic carbocycles. The molecule has 1 aliphatic rings. The molecule has 6 rings (SSSR count). The van der Waals surface area contributed by atoms with Crippen molar-refractivity contribution in [3.63, 3.8) is 0 Å². The summed E-state index contributed by atoms with van der Waals surface area (Å²) in [7, 11) is 1.54. The summed E-state index contributed by atoms with van der Waals surface area (Å²) in [5.74, 6) is 0.442. The molecule has 1 amide bonds. The maximum absolute atomic E-state index is 13.3. The molecule has 1 saturated heterocycles. The van der Waals surface area contributed by atoms with Crippen molar-refractivity contribution in [2.24, 2.45) is 0 Å². The number of morpholine rings is 1. The summed E-state index contributed by atoms with van der Waals surface area (Å²) in [6, 6.07) is 15.0. The van der Waals surface area contributed by atoms with E-state index in [-0.39, 0.29) is 17.2 Å². The SMILES string of the molecule is COc1c(-c2cc(C(=O)Nc3cccc(C(F)(F)F)c3)ccc2C)cc2cnc(N)nc2c1-c1ccc(OCCN2CCOCC2)nc1. The maximum atomic E-state index is 13.3. The number of nitrogens with one attached hydrogen (secondary N) is 1. The molecule has 3 N–H and O–H groups in total. The number of aromatic nitrogens is 3. The summed E-state index contributed by atoms with van der Waals surface area (Å²) in [4.78, 5) is 28.8. The zero-order chi connectivity index (χ0) is 33.8. The number of fused-ring (bicyclic) bond motifs is 1. The van der Waals surface area contributed by atoms with Crippen LogP contribution in [0.3, 0.4) is 0 Å². The van der Waals surface area contributed by atoms with Gasteiger partial charge in [0.15, 0.2) is 0 Å². The summed E-state index contributed by atoms with van der Waals surface area (Å²) in [6.45, 7) is 6.30. The summed E-state index contributed by atoms with van der Waals surface area (Å²) >= 11 is 0. The van der Waals surface area contributed by atoms with Gasteiger partial charge in [-0.1, -0.05) is 12.1 Å². The molecule has 3 heterocycles. The van der Waals surface area contributed by atoms with Crippen LogP contribution in [0, 0.1) is 6.92 Å². The van der Waals surface area contributed by atoms with E-state index in [4.69, 9.17) is 19.9 Å². The fourth-order valence-electron chi connectivity index (χ4n) is 5.60. The third-order valence-corrected chi connectivity index (χ3v) is 8.07. The highest BCUT2D eigenvalue weighted by molar-refractivity contribution is 6.06. The molecule has 248 valence electrons. The van der Waals surface area contributed by atoms with Crippen molar-refractivity contribution >= 4 is 28.4 Å². The van der Waals surface area contributed by atoms with E-state index in [0.717, 1.165) is 37.3 Å². The molecule has 1 fully saturated rings. The Balaban J connectivity index is 1.34. The molecule has 0 bridgehead atoms. The first-order chi connectivity index (χ1) is 23.1. The Kier molecular flexibility index (Phi) is 9.42. The highest BCUT2D eigenvalue weighted by atomic mass is 19.4. The third kappa shape index (κ3) is 7.16.